The molecule has 0 aliphatic rings. The van der Waals surface area contributed by atoms with E-state index in [1.807, 2.05) is 18.2 Å². The Balaban J connectivity index is 1.84. The summed E-state index contributed by atoms with van der Waals surface area (Å²) in [7, 11) is 0. The molecule has 3 aromatic rings. The van der Waals surface area contributed by atoms with Gasteiger partial charge in [0, 0.05) is 36.8 Å². The lowest BCUT2D eigenvalue weighted by atomic mass is 10.2. The van der Waals surface area contributed by atoms with E-state index >= 15 is 0 Å². The van der Waals surface area contributed by atoms with Gasteiger partial charge in [-0.25, -0.2) is 9.97 Å². The van der Waals surface area contributed by atoms with E-state index in [2.05, 4.69) is 47.9 Å². The molecule has 1 aromatic carbocycles. The van der Waals surface area contributed by atoms with Gasteiger partial charge in [-0.15, -0.1) is 11.3 Å². The van der Waals surface area contributed by atoms with Crippen molar-refractivity contribution in [2.75, 3.05) is 17.6 Å². The Labute approximate surface area is 184 Å². The summed E-state index contributed by atoms with van der Waals surface area (Å²) in [5.41, 5.74) is 0.571. The molecule has 2 aromatic heterocycles. The summed E-state index contributed by atoms with van der Waals surface area (Å²) in [5.74, 6) is -0.0162. The zero-order valence-corrected chi connectivity index (χ0v) is 19.3. The van der Waals surface area contributed by atoms with Crippen LogP contribution in [0, 0.1) is 0 Å². The molecule has 0 aliphatic carbocycles. The van der Waals surface area contributed by atoms with Crippen molar-refractivity contribution >= 4 is 45.0 Å². The highest BCUT2D eigenvalue weighted by Crippen LogP contribution is 2.19. The second-order valence-corrected chi connectivity index (χ2v) is 9.30. The Hall–Kier alpha value is -2.23. The van der Waals surface area contributed by atoms with Crippen LogP contribution < -0.4 is 10.9 Å². The van der Waals surface area contributed by atoms with Gasteiger partial charge < -0.3 is 5.32 Å². The maximum Gasteiger partial charge on any atom is 0.262 e. The number of nitrogens with one attached hydrogen (secondary N) is 1. The average molecular weight is 446 g/mol. The second-order valence-electron chi connectivity index (χ2n) is 7.47. The number of para-hydroxylation sites is 1. The molecule has 0 saturated carbocycles. The summed E-state index contributed by atoms with van der Waals surface area (Å²) in [6.45, 7) is 9.86. The molecule has 160 valence electrons. The summed E-state index contributed by atoms with van der Waals surface area (Å²) in [4.78, 5) is 36.6. The molecule has 0 radical (unpaired) electrons. The summed E-state index contributed by atoms with van der Waals surface area (Å²) in [6.07, 6.45) is 1.64. The van der Waals surface area contributed by atoms with Gasteiger partial charge in [0.2, 0.25) is 5.91 Å². The van der Waals surface area contributed by atoms with Crippen molar-refractivity contribution in [3.8, 4) is 0 Å². The molecular weight excluding hydrogens is 418 g/mol. The number of hydrogen-bond acceptors (Lipinski definition) is 7. The molecular formula is C21H27N5O2S2. The van der Waals surface area contributed by atoms with Crippen LogP contribution in [0.25, 0.3) is 10.9 Å². The van der Waals surface area contributed by atoms with Gasteiger partial charge in [0.05, 0.1) is 16.7 Å². The van der Waals surface area contributed by atoms with E-state index in [0.717, 1.165) is 6.54 Å². The van der Waals surface area contributed by atoms with Crippen LogP contribution in [0.2, 0.25) is 0 Å². The smallest absolute Gasteiger partial charge is 0.262 e. The number of thiazole rings is 1. The van der Waals surface area contributed by atoms with Crippen molar-refractivity contribution in [3.63, 3.8) is 0 Å². The molecule has 0 unspecified atom stereocenters. The van der Waals surface area contributed by atoms with E-state index in [1.54, 1.807) is 22.2 Å². The van der Waals surface area contributed by atoms with Crippen LogP contribution in [0.15, 0.2) is 45.8 Å². The fourth-order valence-electron chi connectivity index (χ4n) is 3.35. The number of thioether (sulfide) groups is 1. The van der Waals surface area contributed by atoms with Crippen LogP contribution in [0.1, 0.15) is 27.7 Å². The fourth-order valence-corrected chi connectivity index (χ4v) is 4.72. The van der Waals surface area contributed by atoms with Gasteiger partial charge in [0.15, 0.2) is 10.3 Å². The minimum atomic E-state index is -0.171. The van der Waals surface area contributed by atoms with Crippen molar-refractivity contribution in [1.29, 1.82) is 0 Å². The van der Waals surface area contributed by atoms with E-state index in [9.17, 15) is 9.59 Å². The quantitative estimate of drug-likeness (QED) is 0.400. The van der Waals surface area contributed by atoms with Crippen molar-refractivity contribution < 1.29 is 4.79 Å². The van der Waals surface area contributed by atoms with Gasteiger partial charge >= 0.3 is 0 Å². The average Bonchev–Trinajstić information content (AvgIpc) is 3.20. The lowest BCUT2D eigenvalue weighted by Crippen LogP contribution is -2.40. The predicted octanol–water partition coefficient (Wildman–Crippen LogP) is 3.70. The number of carbonyl (C=O) groups is 1. The van der Waals surface area contributed by atoms with Gasteiger partial charge in [0.1, 0.15) is 0 Å². The van der Waals surface area contributed by atoms with Crippen molar-refractivity contribution in [1.82, 2.24) is 19.4 Å². The number of aromatic nitrogens is 3. The molecule has 0 aliphatic heterocycles. The first kappa shape index (κ1) is 22.5. The maximum atomic E-state index is 13.2. The normalized spacial score (nSPS) is 11.7. The SMILES string of the molecule is CC(C)N(CCn1c(SCC(=O)Nc2nccs2)nc2ccccc2c1=O)C(C)C. The minimum absolute atomic E-state index is 0.0732. The molecule has 30 heavy (non-hydrogen) atoms. The van der Waals surface area contributed by atoms with E-state index < -0.39 is 0 Å². The van der Waals surface area contributed by atoms with E-state index in [4.69, 9.17) is 0 Å². The van der Waals surface area contributed by atoms with Gasteiger partial charge in [-0.1, -0.05) is 23.9 Å². The van der Waals surface area contributed by atoms with Gasteiger partial charge in [-0.3, -0.25) is 19.1 Å². The lowest BCUT2D eigenvalue weighted by molar-refractivity contribution is -0.113. The molecule has 3 rings (SSSR count). The third kappa shape index (κ3) is 5.47. The van der Waals surface area contributed by atoms with Gasteiger partial charge in [-0.05, 0) is 39.8 Å². The minimum Gasteiger partial charge on any atom is -0.301 e. The molecule has 0 bridgehead atoms. The Bertz CT molecular complexity index is 1040. The Morgan fingerprint density at radius 3 is 2.63 bits per heavy atom. The lowest BCUT2D eigenvalue weighted by Gasteiger charge is -2.30. The van der Waals surface area contributed by atoms with E-state index in [-0.39, 0.29) is 17.2 Å². The van der Waals surface area contributed by atoms with Crippen molar-refractivity contribution in [3.05, 3.63) is 46.2 Å². The first-order valence-electron chi connectivity index (χ1n) is 9.94. The van der Waals surface area contributed by atoms with Crippen molar-refractivity contribution in [2.24, 2.45) is 0 Å². The van der Waals surface area contributed by atoms with Crippen LogP contribution >= 0.6 is 23.1 Å². The first-order chi connectivity index (χ1) is 14.4. The predicted molar refractivity (Wildman–Crippen MR) is 124 cm³/mol. The Morgan fingerprint density at radius 2 is 1.97 bits per heavy atom. The van der Waals surface area contributed by atoms with E-state index in [1.165, 1.54) is 23.1 Å². The Morgan fingerprint density at radius 1 is 1.23 bits per heavy atom. The number of fused-ring (bicyclic) bond motifs is 1. The summed E-state index contributed by atoms with van der Waals surface area (Å²) < 4.78 is 1.70. The number of carbonyl (C=O) groups excluding carboxylic acids is 1. The van der Waals surface area contributed by atoms with Crippen LogP contribution in [-0.2, 0) is 11.3 Å². The second kappa shape index (κ2) is 10.2. The number of nitrogens with zero attached hydrogens (tertiary/aromatic N) is 4. The summed E-state index contributed by atoms with van der Waals surface area (Å²) in [6, 6.07) is 8.08. The summed E-state index contributed by atoms with van der Waals surface area (Å²) in [5, 5.41) is 6.29. The number of hydrogen-bond donors (Lipinski definition) is 1. The third-order valence-electron chi connectivity index (χ3n) is 4.75. The number of amides is 1. The highest BCUT2D eigenvalue weighted by Gasteiger charge is 2.17. The molecule has 1 N–H and O–H groups in total. The first-order valence-corrected chi connectivity index (χ1v) is 11.8. The largest absolute Gasteiger partial charge is 0.301 e. The Kier molecular flexibility index (Phi) is 7.63. The third-order valence-corrected chi connectivity index (χ3v) is 6.41. The molecule has 0 saturated heterocycles. The highest BCUT2D eigenvalue weighted by atomic mass is 32.2. The van der Waals surface area contributed by atoms with Gasteiger partial charge in [-0.2, -0.15) is 0 Å². The zero-order chi connectivity index (χ0) is 21.7. The molecule has 9 heteroatoms. The molecule has 0 spiro atoms. The standard InChI is InChI=1S/C21H27N5O2S2/c1-14(2)25(15(3)4)10-11-26-19(28)16-7-5-6-8-17(16)23-21(26)30-13-18(27)24-20-22-9-12-29-20/h5-9,12,14-15H,10-11,13H2,1-4H3,(H,22,24,27). The van der Waals surface area contributed by atoms with Crippen LogP contribution in [0.3, 0.4) is 0 Å². The van der Waals surface area contributed by atoms with Crippen LogP contribution in [-0.4, -0.2) is 49.7 Å². The number of rotatable bonds is 9. The molecule has 0 fully saturated rings. The van der Waals surface area contributed by atoms with Gasteiger partial charge in [0.25, 0.3) is 5.56 Å². The fraction of sp³-hybridized carbons (Fsp3) is 0.429. The summed E-state index contributed by atoms with van der Waals surface area (Å²) >= 11 is 2.64. The monoisotopic (exact) mass is 445 g/mol. The topological polar surface area (TPSA) is 80.1 Å². The van der Waals surface area contributed by atoms with E-state index in [0.29, 0.717) is 39.8 Å². The number of anilines is 1. The zero-order valence-electron chi connectivity index (χ0n) is 17.7. The number of benzene rings is 1. The molecule has 2 heterocycles. The maximum absolute atomic E-state index is 13.2. The van der Waals surface area contributed by atoms with Crippen LogP contribution in [0.4, 0.5) is 5.13 Å². The van der Waals surface area contributed by atoms with Crippen molar-refractivity contribution in [2.45, 2.75) is 51.5 Å². The highest BCUT2D eigenvalue weighted by molar-refractivity contribution is 7.99. The van der Waals surface area contributed by atoms with Crippen LogP contribution in [0.5, 0.6) is 0 Å². The molecule has 0 atom stereocenters. The molecule has 1 amide bonds. The molecule has 7 nitrogen and oxygen atoms in total.